The molecule has 1 aromatic heterocycles. The summed E-state index contributed by atoms with van der Waals surface area (Å²) in [5.41, 5.74) is 0.279. The molecule has 2 atom stereocenters. The molecule has 2 unspecified atom stereocenters. The lowest BCUT2D eigenvalue weighted by Crippen LogP contribution is -2.61. The first-order valence-electron chi connectivity index (χ1n) is 8.04. The van der Waals surface area contributed by atoms with E-state index in [0.29, 0.717) is 18.0 Å². The van der Waals surface area contributed by atoms with E-state index in [2.05, 4.69) is 55.0 Å². The van der Waals surface area contributed by atoms with E-state index in [0.717, 1.165) is 37.8 Å². The summed E-state index contributed by atoms with van der Waals surface area (Å²) in [5.74, 6) is 2.11. The number of rotatable bonds is 4. The van der Waals surface area contributed by atoms with Crippen molar-refractivity contribution < 1.29 is 4.52 Å². The number of nitrogens with one attached hydrogen (secondary N) is 1. The zero-order chi connectivity index (χ0) is 15.6. The van der Waals surface area contributed by atoms with E-state index in [4.69, 9.17) is 4.52 Å². The molecular weight excluding hydrogens is 264 g/mol. The standard InChI is InChI=1S/C16H30N4O/c1-11(2)13-9-17-14(16(4,5)6)10-20(13)8-7-15-18-12(3)19-21-15/h11,13-14,17H,7-10H2,1-6H3. The van der Waals surface area contributed by atoms with Crippen LogP contribution in [0.4, 0.5) is 0 Å². The number of piperazine rings is 1. The van der Waals surface area contributed by atoms with Crippen molar-refractivity contribution >= 4 is 0 Å². The minimum absolute atomic E-state index is 0.279. The fourth-order valence-electron chi connectivity index (χ4n) is 3.00. The number of aryl methyl sites for hydroxylation is 1. The first-order chi connectivity index (χ1) is 9.77. The lowest BCUT2D eigenvalue weighted by Gasteiger charge is -2.46. The van der Waals surface area contributed by atoms with Crippen molar-refractivity contribution in [1.82, 2.24) is 20.4 Å². The third-order valence-corrected chi connectivity index (χ3v) is 4.46. The van der Waals surface area contributed by atoms with Crippen LogP contribution in [0.3, 0.4) is 0 Å². The molecule has 2 heterocycles. The van der Waals surface area contributed by atoms with E-state index >= 15 is 0 Å². The third kappa shape index (κ3) is 4.27. The summed E-state index contributed by atoms with van der Waals surface area (Å²) in [6.45, 7) is 16.5. The van der Waals surface area contributed by atoms with Gasteiger partial charge in [-0.25, -0.2) is 0 Å². The van der Waals surface area contributed by atoms with Crippen molar-refractivity contribution in [1.29, 1.82) is 0 Å². The smallest absolute Gasteiger partial charge is 0.227 e. The van der Waals surface area contributed by atoms with E-state index in [1.165, 1.54) is 0 Å². The Bertz CT molecular complexity index is 449. The van der Waals surface area contributed by atoms with Gasteiger partial charge in [0.25, 0.3) is 0 Å². The van der Waals surface area contributed by atoms with Gasteiger partial charge in [-0.3, -0.25) is 4.90 Å². The van der Waals surface area contributed by atoms with Crippen LogP contribution in [0.5, 0.6) is 0 Å². The van der Waals surface area contributed by atoms with Crippen LogP contribution >= 0.6 is 0 Å². The third-order valence-electron chi connectivity index (χ3n) is 4.46. The molecule has 2 rings (SSSR count). The summed E-state index contributed by atoms with van der Waals surface area (Å²) in [6, 6.07) is 1.10. The van der Waals surface area contributed by atoms with Crippen molar-refractivity contribution in [3.63, 3.8) is 0 Å². The summed E-state index contributed by atoms with van der Waals surface area (Å²) >= 11 is 0. The summed E-state index contributed by atoms with van der Waals surface area (Å²) in [6.07, 6.45) is 0.834. The first-order valence-corrected chi connectivity index (χ1v) is 8.04. The Balaban J connectivity index is 2.00. The van der Waals surface area contributed by atoms with Crippen molar-refractivity contribution in [2.75, 3.05) is 19.6 Å². The maximum Gasteiger partial charge on any atom is 0.227 e. The van der Waals surface area contributed by atoms with E-state index in [-0.39, 0.29) is 5.41 Å². The van der Waals surface area contributed by atoms with Crippen molar-refractivity contribution in [3.05, 3.63) is 11.7 Å². The van der Waals surface area contributed by atoms with Gasteiger partial charge in [-0.05, 0) is 18.3 Å². The van der Waals surface area contributed by atoms with Gasteiger partial charge in [0.1, 0.15) is 0 Å². The average molecular weight is 294 g/mol. The van der Waals surface area contributed by atoms with Crippen LogP contribution in [0, 0.1) is 18.3 Å². The minimum atomic E-state index is 0.279. The zero-order valence-electron chi connectivity index (χ0n) is 14.3. The highest BCUT2D eigenvalue weighted by molar-refractivity contribution is 4.94. The number of hydrogen-bond donors (Lipinski definition) is 1. The molecule has 1 aliphatic rings. The molecule has 5 heteroatoms. The topological polar surface area (TPSA) is 54.2 Å². The number of nitrogens with zero attached hydrogens (tertiary/aromatic N) is 3. The van der Waals surface area contributed by atoms with Crippen LogP contribution in [-0.4, -0.2) is 46.8 Å². The van der Waals surface area contributed by atoms with Crippen molar-refractivity contribution in [2.24, 2.45) is 11.3 Å². The highest BCUT2D eigenvalue weighted by Gasteiger charge is 2.35. The van der Waals surface area contributed by atoms with Gasteiger partial charge in [0.05, 0.1) is 0 Å². The zero-order valence-corrected chi connectivity index (χ0v) is 14.3. The second-order valence-corrected chi connectivity index (χ2v) is 7.62. The predicted octanol–water partition coefficient (Wildman–Crippen LogP) is 2.27. The summed E-state index contributed by atoms with van der Waals surface area (Å²) in [4.78, 5) is 6.91. The molecule has 5 nitrogen and oxygen atoms in total. The predicted molar refractivity (Wildman–Crippen MR) is 84.2 cm³/mol. The Hall–Kier alpha value is -0.940. The molecule has 21 heavy (non-hydrogen) atoms. The molecule has 0 saturated carbocycles. The van der Waals surface area contributed by atoms with Gasteiger partial charge in [0.15, 0.2) is 5.82 Å². The number of aromatic nitrogens is 2. The minimum Gasteiger partial charge on any atom is -0.339 e. The molecule has 1 aliphatic heterocycles. The highest BCUT2D eigenvalue weighted by atomic mass is 16.5. The molecule has 0 aromatic carbocycles. The summed E-state index contributed by atoms with van der Waals surface area (Å²) < 4.78 is 5.24. The molecule has 0 radical (unpaired) electrons. The van der Waals surface area contributed by atoms with E-state index in [9.17, 15) is 0 Å². The lowest BCUT2D eigenvalue weighted by atomic mass is 9.83. The average Bonchev–Trinajstić information content (AvgIpc) is 2.80. The summed E-state index contributed by atoms with van der Waals surface area (Å²) in [7, 11) is 0. The SMILES string of the molecule is Cc1noc(CCN2CC(C(C)(C)C)NCC2C(C)C)n1. The Labute approximate surface area is 128 Å². The van der Waals surface area contributed by atoms with Gasteiger partial charge >= 0.3 is 0 Å². The second-order valence-electron chi connectivity index (χ2n) is 7.62. The molecule has 120 valence electrons. The molecule has 1 aromatic rings. The largest absolute Gasteiger partial charge is 0.339 e. The Morgan fingerprint density at radius 2 is 2.10 bits per heavy atom. The molecule has 0 amide bonds. The fraction of sp³-hybridized carbons (Fsp3) is 0.875. The molecule has 1 N–H and O–H groups in total. The molecular formula is C16H30N4O. The van der Waals surface area contributed by atoms with Crippen LogP contribution in [0.25, 0.3) is 0 Å². The van der Waals surface area contributed by atoms with Crippen molar-refractivity contribution in [3.8, 4) is 0 Å². The molecule has 1 fully saturated rings. The van der Waals surface area contributed by atoms with E-state index in [1.807, 2.05) is 6.92 Å². The van der Waals surface area contributed by atoms with Crippen LogP contribution in [0.15, 0.2) is 4.52 Å². The van der Waals surface area contributed by atoms with Gasteiger partial charge in [0, 0.05) is 38.1 Å². The molecule has 0 spiro atoms. The van der Waals surface area contributed by atoms with Gasteiger partial charge in [-0.15, -0.1) is 0 Å². The van der Waals surface area contributed by atoms with Gasteiger partial charge in [-0.2, -0.15) is 4.98 Å². The monoisotopic (exact) mass is 294 g/mol. The number of hydrogen-bond acceptors (Lipinski definition) is 5. The maximum absolute atomic E-state index is 5.24. The van der Waals surface area contributed by atoms with Crippen molar-refractivity contribution in [2.45, 2.75) is 60.0 Å². The van der Waals surface area contributed by atoms with Crippen LogP contribution < -0.4 is 5.32 Å². The maximum atomic E-state index is 5.24. The molecule has 0 bridgehead atoms. The van der Waals surface area contributed by atoms with Gasteiger partial charge in [-0.1, -0.05) is 39.8 Å². The van der Waals surface area contributed by atoms with Gasteiger partial charge in [0.2, 0.25) is 5.89 Å². The van der Waals surface area contributed by atoms with E-state index in [1.54, 1.807) is 0 Å². The lowest BCUT2D eigenvalue weighted by molar-refractivity contribution is 0.0626. The summed E-state index contributed by atoms with van der Waals surface area (Å²) in [5, 5.41) is 7.60. The van der Waals surface area contributed by atoms with Crippen LogP contribution in [-0.2, 0) is 6.42 Å². The Kier molecular flexibility index (Phi) is 5.04. The molecule has 1 saturated heterocycles. The first kappa shape index (κ1) is 16.4. The fourth-order valence-corrected chi connectivity index (χ4v) is 3.00. The normalized spacial score (nSPS) is 24.7. The van der Waals surface area contributed by atoms with E-state index < -0.39 is 0 Å². The second kappa shape index (κ2) is 6.44. The Morgan fingerprint density at radius 3 is 2.62 bits per heavy atom. The van der Waals surface area contributed by atoms with Gasteiger partial charge < -0.3 is 9.84 Å². The Morgan fingerprint density at radius 1 is 1.38 bits per heavy atom. The molecule has 0 aliphatic carbocycles. The van der Waals surface area contributed by atoms with Crippen LogP contribution in [0.2, 0.25) is 0 Å². The quantitative estimate of drug-likeness (QED) is 0.923. The van der Waals surface area contributed by atoms with Crippen LogP contribution in [0.1, 0.15) is 46.3 Å². The highest BCUT2D eigenvalue weighted by Crippen LogP contribution is 2.25.